The Labute approximate surface area is 179 Å². The number of ether oxygens (including phenoxy) is 1. The van der Waals surface area contributed by atoms with Crippen molar-refractivity contribution in [1.82, 2.24) is 10.6 Å². The van der Waals surface area contributed by atoms with Crippen LogP contribution in [0.3, 0.4) is 0 Å². The van der Waals surface area contributed by atoms with Crippen molar-refractivity contribution in [3.05, 3.63) is 75.8 Å². The van der Waals surface area contributed by atoms with E-state index in [1.807, 2.05) is 18.2 Å². The summed E-state index contributed by atoms with van der Waals surface area (Å²) in [5.41, 5.74) is 0.755. The molecule has 0 spiro atoms. The van der Waals surface area contributed by atoms with Crippen LogP contribution in [0.5, 0.6) is 0 Å². The Hall–Kier alpha value is -3.75. The number of hydrogen-bond acceptors (Lipinski definition) is 6. The van der Waals surface area contributed by atoms with Gasteiger partial charge in [-0.05, 0) is 19.4 Å². The van der Waals surface area contributed by atoms with Gasteiger partial charge in [0.25, 0.3) is 5.69 Å². The molecule has 0 saturated heterocycles. The van der Waals surface area contributed by atoms with Crippen molar-refractivity contribution in [1.29, 1.82) is 0 Å². The van der Waals surface area contributed by atoms with Crippen molar-refractivity contribution in [2.75, 3.05) is 6.54 Å². The quantitative estimate of drug-likeness (QED) is 0.341. The summed E-state index contributed by atoms with van der Waals surface area (Å²) in [6.45, 7) is 3.03. The van der Waals surface area contributed by atoms with Gasteiger partial charge in [0.15, 0.2) is 0 Å². The molecule has 2 aromatic rings. The lowest BCUT2D eigenvalue weighted by Crippen LogP contribution is -2.40. The van der Waals surface area contributed by atoms with E-state index in [9.17, 15) is 24.5 Å². The second-order valence-corrected chi connectivity index (χ2v) is 7.12. The van der Waals surface area contributed by atoms with Crippen LogP contribution in [0, 0.1) is 10.1 Å². The van der Waals surface area contributed by atoms with E-state index < -0.39 is 22.8 Å². The monoisotopic (exact) mass is 427 g/mol. The maximum Gasteiger partial charge on any atom is 0.308 e. The molecule has 0 radical (unpaired) electrons. The molecule has 2 rings (SSSR count). The molecule has 0 aliphatic carbocycles. The normalized spacial score (nSPS) is 11.5. The predicted octanol–water partition coefficient (Wildman–Crippen LogP) is 2.45. The predicted molar refractivity (Wildman–Crippen MR) is 113 cm³/mol. The zero-order valence-electron chi connectivity index (χ0n) is 17.4. The average Bonchev–Trinajstić information content (AvgIpc) is 2.72. The number of nitro benzene ring substituents is 1. The molecule has 0 aromatic heterocycles. The van der Waals surface area contributed by atoms with Gasteiger partial charge < -0.3 is 15.4 Å². The van der Waals surface area contributed by atoms with Crippen LogP contribution in [0.15, 0.2) is 54.6 Å². The van der Waals surface area contributed by atoms with Crippen LogP contribution in [0.4, 0.5) is 5.69 Å². The summed E-state index contributed by atoms with van der Waals surface area (Å²) in [5, 5.41) is 16.5. The van der Waals surface area contributed by atoms with Crippen LogP contribution in [0.1, 0.15) is 37.4 Å². The highest BCUT2D eigenvalue weighted by Crippen LogP contribution is 2.27. The van der Waals surface area contributed by atoms with Gasteiger partial charge in [0.1, 0.15) is 0 Å². The third-order valence-electron chi connectivity index (χ3n) is 4.24. The van der Waals surface area contributed by atoms with Crippen LogP contribution in [-0.2, 0) is 25.5 Å². The summed E-state index contributed by atoms with van der Waals surface area (Å²) < 4.78 is 5.12. The minimum absolute atomic E-state index is 0.114. The number of nitrogens with one attached hydrogen (secondary N) is 2. The highest BCUT2D eigenvalue weighted by Gasteiger charge is 2.26. The first kappa shape index (κ1) is 23.5. The largest absolute Gasteiger partial charge is 0.463 e. The Morgan fingerprint density at radius 3 is 2.29 bits per heavy atom. The van der Waals surface area contributed by atoms with E-state index >= 15 is 0 Å². The number of carbonyl (C=O) groups is 3. The molecule has 2 aromatic carbocycles. The van der Waals surface area contributed by atoms with Gasteiger partial charge in [-0.15, -0.1) is 0 Å². The fourth-order valence-electron chi connectivity index (χ4n) is 2.93. The summed E-state index contributed by atoms with van der Waals surface area (Å²) in [4.78, 5) is 47.4. The first-order valence-electron chi connectivity index (χ1n) is 9.79. The van der Waals surface area contributed by atoms with E-state index in [-0.39, 0.29) is 42.6 Å². The van der Waals surface area contributed by atoms with Gasteiger partial charge in [0, 0.05) is 6.07 Å². The third-order valence-corrected chi connectivity index (χ3v) is 4.24. The number of rotatable bonds is 10. The Balaban J connectivity index is 2.06. The molecule has 0 aliphatic rings. The summed E-state index contributed by atoms with van der Waals surface area (Å²) in [6.07, 6.45) is -0.540. The van der Waals surface area contributed by atoms with Gasteiger partial charge in [-0.3, -0.25) is 24.5 Å². The Morgan fingerprint density at radius 1 is 1.00 bits per heavy atom. The molecule has 0 aliphatic heterocycles. The molecule has 9 nitrogen and oxygen atoms in total. The summed E-state index contributed by atoms with van der Waals surface area (Å²) in [6, 6.07) is 13.9. The molecular weight excluding hydrogens is 402 g/mol. The van der Waals surface area contributed by atoms with E-state index in [4.69, 9.17) is 4.74 Å². The maximum atomic E-state index is 12.4. The van der Waals surface area contributed by atoms with Gasteiger partial charge >= 0.3 is 5.97 Å². The molecule has 0 heterocycles. The fraction of sp³-hybridized carbons (Fsp3) is 0.318. The number of carbonyl (C=O) groups excluding carboxylic acids is 3. The highest BCUT2D eigenvalue weighted by molar-refractivity contribution is 5.86. The van der Waals surface area contributed by atoms with Crippen molar-refractivity contribution in [2.45, 2.75) is 38.8 Å². The van der Waals surface area contributed by atoms with Crippen molar-refractivity contribution in [3.8, 4) is 0 Å². The second kappa shape index (κ2) is 11.4. The number of hydrogen-bond donors (Lipinski definition) is 2. The zero-order chi connectivity index (χ0) is 22.8. The van der Waals surface area contributed by atoms with E-state index in [0.29, 0.717) is 0 Å². The molecule has 31 heavy (non-hydrogen) atoms. The molecule has 1 unspecified atom stereocenters. The molecule has 9 heteroatoms. The second-order valence-electron chi connectivity index (χ2n) is 7.12. The highest BCUT2D eigenvalue weighted by atomic mass is 16.6. The topological polar surface area (TPSA) is 128 Å². The fourth-order valence-corrected chi connectivity index (χ4v) is 2.93. The minimum Gasteiger partial charge on any atom is -0.463 e. The smallest absolute Gasteiger partial charge is 0.308 e. The number of esters is 1. The van der Waals surface area contributed by atoms with Crippen molar-refractivity contribution in [2.24, 2.45) is 0 Å². The van der Waals surface area contributed by atoms with Gasteiger partial charge in [-0.1, -0.05) is 48.5 Å². The first-order valence-corrected chi connectivity index (χ1v) is 9.79. The molecule has 1 atom stereocenters. The summed E-state index contributed by atoms with van der Waals surface area (Å²) >= 11 is 0. The standard InChI is InChI=1S/C22H25N3O6/c1-15(2)31-22(28)13-18(17-10-6-7-11-19(17)25(29)30)24-21(27)14-23-20(26)12-16-8-4-3-5-9-16/h3-11,15,18H,12-14H2,1-2H3,(H,23,26)(H,24,27). The molecule has 0 bridgehead atoms. The Bertz CT molecular complexity index is 930. The average molecular weight is 427 g/mol. The van der Waals surface area contributed by atoms with Gasteiger partial charge in [-0.25, -0.2) is 0 Å². The number of nitro groups is 1. The number of para-hydroxylation sites is 1. The van der Waals surface area contributed by atoms with Crippen LogP contribution in [0.2, 0.25) is 0 Å². The zero-order valence-corrected chi connectivity index (χ0v) is 17.4. The molecule has 2 amide bonds. The van der Waals surface area contributed by atoms with E-state index in [1.54, 1.807) is 32.0 Å². The lowest BCUT2D eigenvalue weighted by Gasteiger charge is -2.19. The van der Waals surface area contributed by atoms with E-state index in [1.165, 1.54) is 18.2 Å². The maximum absolute atomic E-state index is 12.4. The van der Waals surface area contributed by atoms with E-state index in [2.05, 4.69) is 10.6 Å². The van der Waals surface area contributed by atoms with Crippen LogP contribution < -0.4 is 10.6 Å². The molecule has 0 saturated carbocycles. The summed E-state index contributed by atoms with van der Waals surface area (Å²) in [5.74, 6) is -1.53. The number of benzene rings is 2. The van der Waals surface area contributed by atoms with Crippen LogP contribution in [0.25, 0.3) is 0 Å². The lowest BCUT2D eigenvalue weighted by atomic mass is 10.0. The molecular formula is C22H25N3O6. The lowest BCUT2D eigenvalue weighted by molar-refractivity contribution is -0.385. The minimum atomic E-state index is -0.980. The van der Waals surface area contributed by atoms with Gasteiger partial charge in [0.05, 0.1) is 42.0 Å². The Kier molecular flexibility index (Phi) is 8.68. The Morgan fingerprint density at radius 2 is 1.65 bits per heavy atom. The van der Waals surface area contributed by atoms with Crippen LogP contribution >= 0.6 is 0 Å². The number of amides is 2. The molecule has 0 fully saturated rings. The van der Waals surface area contributed by atoms with Crippen LogP contribution in [-0.4, -0.2) is 35.4 Å². The van der Waals surface area contributed by atoms with Gasteiger partial charge in [0.2, 0.25) is 11.8 Å². The molecule has 164 valence electrons. The number of nitrogens with zero attached hydrogens (tertiary/aromatic N) is 1. The molecule has 2 N–H and O–H groups in total. The summed E-state index contributed by atoms with van der Waals surface area (Å²) in [7, 11) is 0. The third kappa shape index (κ3) is 7.88. The van der Waals surface area contributed by atoms with E-state index in [0.717, 1.165) is 5.56 Å². The van der Waals surface area contributed by atoms with Crippen molar-refractivity contribution >= 4 is 23.5 Å². The van der Waals surface area contributed by atoms with Crippen molar-refractivity contribution in [3.63, 3.8) is 0 Å². The van der Waals surface area contributed by atoms with Gasteiger partial charge in [-0.2, -0.15) is 0 Å². The first-order chi connectivity index (χ1) is 14.8. The van der Waals surface area contributed by atoms with Crippen molar-refractivity contribution < 1.29 is 24.0 Å². The SMILES string of the molecule is CC(C)OC(=O)CC(NC(=O)CNC(=O)Cc1ccccc1)c1ccccc1[N+](=O)[O-].